The van der Waals surface area contributed by atoms with Gasteiger partial charge < -0.3 is 26.0 Å². The lowest BCUT2D eigenvalue weighted by atomic mass is 10.0. The monoisotopic (exact) mass is 368 g/mol. The Labute approximate surface area is 156 Å². The predicted molar refractivity (Wildman–Crippen MR) is 101 cm³/mol. The van der Waals surface area contributed by atoms with E-state index in [1.165, 1.54) is 4.90 Å². The maximum Gasteiger partial charge on any atom is 0.321 e. The van der Waals surface area contributed by atoms with Gasteiger partial charge in [0.25, 0.3) is 0 Å². The highest BCUT2D eigenvalue weighted by atomic mass is 16.4. The Morgan fingerprint density at radius 1 is 0.852 bits per heavy atom. The van der Waals surface area contributed by atoms with Crippen LogP contribution in [-0.4, -0.2) is 47.2 Å². The Morgan fingerprint density at radius 3 is 1.96 bits per heavy atom. The molecule has 0 saturated carbocycles. The van der Waals surface area contributed by atoms with Crippen LogP contribution in [0.25, 0.3) is 0 Å². The van der Waals surface area contributed by atoms with Gasteiger partial charge in [0.15, 0.2) is 0 Å². The van der Waals surface area contributed by atoms with E-state index in [9.17, 15) is 19.5 Å². The number of anilines is 2. The quantitative estimate of drug-likeness (QED) is 0.664. The number of nitrogens with one attached hydrogen (secondary N) is 3. The Kier molecular flexibility index (Phi) is 5.55. The van der Waals surface area contributed by atoms with Gasteiger partial charge in [-0.3, -0.25) is 4.79 Å². The van der Waals surface area contributed by atoms with Crippen LogP contribution in [0.5, 0.6) is 0 Å². The summed E-state index contributed by atoms with van der Waals surface area (Å²) in [6.45, 7) is 0.127. The number of likely N-dealkylation sites (tertiary alicyclic amines) is 1. The summed E-state index contributed by atoms with van der Waals surface area (Å²) >= 11 is 0. The molecule has 0 unspecified atom stereocenters. The standard InChI is InChI=1S/C19H20N4O4/c24-17(25)15-11-23(19(27)21-14-9-5-2-6-10-14)12-16(15)22-18(26)20-13-7-3-1-4-8-13/h1-10,15-16H,11-12H2,(H,21,27)(H,24,25)(H2,20,22,26)/t15-,16+/m1/s1. The Hall–Kier alpha value is -3.55. The summed E-state index contributed by atoms with van der Waals surface area (Å²) in [5.74, 6) is -1.94. The second-order valence-corrected chi connectivity index (χ2v) is 6.22. The van der Waals surface area contributed by atoms with Crippen LogP contribution in [0.2, 0.25) is 0 Å². The molecule has 0 spiro atoms. The maximum absolute atomic E-state index is 12.4. The zero-order valence-corrected chi connectivity index (χ0v) is 14.5. The molecule has 1 heterocycles. The predicted octanol–water partition coefficient (Wildman–Crippen LogP) is 2.43. The van der Waals surface area contributed by atoms with Crippen LogP contribution in [0.1, 0.15) is 0 Å². The van der Waals surface area contributed by atoms with Gasteiger partial charge in [0.1, 0.15) is 0 Å². The number of hydrogen-bond acceptors (Lipinski definition) is 3. The average Bonchev–Trinajstić information content (AvgIpc) is 3.07. The van der Waals surface area contributed by atoms with Crippen molar-refractivity contribution in [2.24, 2.45) is 5.92 Å². The smallest absolute Gasteiger partial charge is 0.321 e. The van der Waals surface area contributed by atoms with E-state index >= 15 is 0 Å². The van der Waals surface area contributed by atoms with Gasteiger partial charge in [-0.2, -0.15) is 0 Å². The molecule has 1 aliphatic rings. The first-order valence-corrected chi connectivity index (χ1v) is 8.49. The first-order valence-electron chi connectivity index (χ1n) is 8.49. The minimum Gasteiger partial charge on any atom is -0.481 e. The first kappa shape index (κ1) is 18.2. The molecule has 27 heavy (non-hydrogen) atoms. The lowest BCUT2D eigenvalue weighted by Crippen LogP contribution is -2.45. The van der Waals surface area contributed by atoms with Crippen LogP contribution < -0.4 is 16.0 Å². The van der Waals surface area contributed by atoms with Crippen LogP contribution >= 0.6 is 0 Å². The molecule has 4 amide bonds. The van der Waals surface area contributed by atoms with E-state index in [0.717, 1.165) is 0 Å². The minimum absolute atomic E-state index is 0.0181. The lowest BCUT2D eigenvalue weighted by Gasteiger charge is -2.18. The van der Waals surface area contributed by atoms with Gasteiger partial charge in [-0.15, -0.1) is 0 Å². The van der Waals surface area contributed by atoms with Crippen LogP contribution in [0.3, 0.4) is 0 Å². The molecule has 1 fully saturated rings. The van der Waals surface area contributed by atoms with Gasteiger partial charge >= 0.3 is 18.0 Å². The van der Waals surface area contributed by atoms with Crippen molar-refractivity contribution in [1.82, 2.24) is 10.2 Å². The zero-order chi connectivity index (χ0) is 19.2. The summed E-state index contributed by atoms with van der Waals surface area (Å²) in [5.41, 5.74) is 1.21. The summed E-state index contributed by atoms with van der Waals surface area (Å²) in [4.78, 5) is 37.5. The Balaban J connectivity index is 1.61. The molecule has 2 aromatic rings. The van der Waals surface area contributed by atoms with Crippen molar-refractivity contribution in [3.8, 4) is 0 Å². The molecular formula is C19H20N4O4. The molecule has 8 heteroatoms. The highest BCUT2D eigenvalue weighted by Crippen LogP contribution is 2.19. The highest BCUT2D eigenvalue weighted by Gasteiger charge is 2.40. The van der Waals surface area contributed by atoms with Gasteiger partial charge in [0.05, 0.1) is 12.0 Å². The van der Waals surface area contributed by atoms with E-state index in [0.29, 0.717) is 11.4 Å². The van der Waals surface area contributed by atoms with Crippen LogP contribution in [0, 0.1) is 5.92 Å². The number of rotatable bonds is 4. The van der Waals surface area contributed by atoms with Crippen LogP contribution in [0.4, 0.5) is 21.0 Å². The molecule has 0 aromatic heterocycles. The molecule has 140 valence electrons. The fourth-order valence-corrected chi connectivity index (χ4v) is 2.95. The number of benzene rings is 2. The van der Waals surface area contributed by atoms with E-state index in [1.807, 2.05) is 12.1 Å². The highest BCUT2D eigenvalue weighted by molar-refractivity contribution is 5.92. The summed E-state index contributed by atoms with van der Waals surface area (Å²) in [7, 11) is 0. The third kappa shape index (κ3) is 4.75. The Bertz CT molecular complexity index is 813. The first-order chi connectivity index (χ1) is 13.0. The van der Waals surface area contributed by atoms with Gasteiger partial charge in [0, 0.05) is 24.5 Å². The van der Waals surface area contributed by atoms with Crippen LogP contribution in [0.15, 0.2) is 60.7 Å². The molecule has 0 aliphatic carbocycles. The van der Waals surface area contributed by atoms with E-state index in [-0.39, 0.29) is 13.1 Å². The molecule has 2 atom stereocenters. The molecule has 8 nitrogen and oxygen atoms in total. The van der Waals surface area contributed by atoms with E-state index in [2.05, 4.69) is 16.0 Å². The van der Waals surface area contributed by atoms with Crippen molar-refractivity contribution in [2.45, 2.75) is 6.04 Å². The number of carbonyl (C=O) groups is 3. The number of urea groups is 2. The SMILES string of the molecule is O=C(Nc1ccccc1)N[C@H]1CN(C(=O)Nc2ccccc2)C[C@H]1C(=O)O. The van der Waals surface area contributed by atoms with E-state index < -0.39 is 30.0 Å². The number of aliphatic carboxylic acids is 1. The maximum atomic E-state index is 12.4. The number of hydrogen-bond donors (Lipinski definition) is 4. The second-order valence-electron chi connectivity index (χ2n) is 6.22. The molecule has 2 aromatic carbocycles. The van der Waals surface area contributed by atoms with Crippen molar-refractivity contribution in [2.75, 3.05) is 23.7 Å². The minimum atomic E-state index is -1.06. The Morgan fingerprint density at radius 2 is 1.41 bits per heavy atom. The van der Waals surface area contributed by atoms with Crippen molar-refractivity contribution < 1.29 is 19.5 Å². The normalized spacial score (nSPS) is 18.6. The van der Waals surface area contributed by atoms with Crippen LogP contribution in [-0.2, 0) is 4.79 Å². The number of carbonyl (C=O) groups excluding carboxylic acids is 2. The number of carboxylic acids is 1. The summed E-state index contributed by atoms with van der Waals surface area (Å²) in [6.07, 6.45) is 0. The summed E-state index contributed by atoms with van der Waals surface area (Å²) in [6, 6.07) is 16.1. The van der Waals surface area contributed by atoms with Crippen molar-refractivity contribution in [3.63, 3.8) is 0 Å². The van der Waals surface area contributed by atoms with E-state index in [4.69, 9.17) is 0 Å². The third-order valence-corrected chi connectivity index (χ3v) is 4.30. The molecule has 4 N–H and O–H groups in total. The van der Waals surface area contributed by atoms with Crippen molar-refractivity contribution in [1.29, 1.82) is 0 Å². The molecule has 0 radical (unpaired) electrons. The molecule has 1 saturated heterocycles. The van der Waals surface area contributed by atoms with Gasteiger partial charge in [0.2, 0.25) is 0 Å². The topological polar surface area (TPSA) is 111 Å². The van der Waals surface area contributed by atoms with E-state index in [1.54, 1.807) is 48.5 Å². The zero-order valence-electron chi connectivity index (χ0n) is 14.5. The largest absolute Gasteiger partial charge is 0.481 e. The number of carboxylic acid groups (broad SMARTS) is 1. The lowest BCUT2D eigenvalue weighted by molar-refractivity contribution is -0.141. The fourth-order valence-electron chi connectivity index (χ4n) is 2.95. The van der Waals surface area contributed by atoms with Crippen molar-refractivity contribution in [3.05, 3.63) is 60.7 Å². The number of amides is 4. The molecular weight excluding hydrogens is 348 g/mol. The summed E-state index contributed by atoms with van der Waals surface area (Å²) in [5, 5.41) is 17.5. The molecule has 0 bridgehead atoms. The van der Waals surface area contributed by atoms with Gasteiger partial charge in [-0.25, -0.2) is 9.59 Å². The average molecular weight is 368 g/mol. The fraction of sp³-hybridized carbons (Fsp3) is 0.211. The number of para-hydroxylation sites is 2. The van der Waals surface area contributed by atoms with Crippen molar-refractivity contribution >= 4 is 29.4 Å². The third-order valence-electron chi connectivity index (χ3n) is 4.30. The number of nitrogens with zero attached hydrogens (tertiary/aromatic N) is 1. The second kappa shape index (κ2) is 8.22. The molecule has 1 aliphatic heterocycles. The van der Waals surface area contributed by atoms with Gasteiger partial charge in [-0.05, 0) is 24.3 Å². The van der Waals surface area contributed by atoms with Gasteiger partial charge in [-0.1, -0.05) is 36.4 Å². The summed E-state index contributed by atoms with van der Waals surface area (Å²) < 4.78 is 0. The molecule has 3 rings (SSSR count).